The van der Waals surface area contributed by atoms with Crippen molar-refractivity contribution in [2.75, 3.05) is 0 Å². The first-order chi connectivity index (χ1) is 5.46. The van der Waals surface area contributed by atoms with Gasteiger partial charge in [0.15, 0.2) is 0 Å². The average molecular weight is 256 g/mol. The van der Waals surface area contributed by atoms with Gasteiger partial charge in [0.25, 0.3) is 0 Å². The zero-order chi connectivity index (χ0) is 9.46. The molecule has 1 heterocycles. The van der Waals surface area contributed by atoms with E-state index in [1.165, 1.54) is 0 Å². The standard InChI is InChI=1S/C3Cl3N3O3.Na.H/c4-1-7(10)2(5)9(12)3(6)8(1)11;;/q;+1;-1. The fraction of sp³-hybridized carbons (Fsp3) is 0. The molecule has 0 saturated carbocycles. The molecule has 0 aliphatic heterocycles. The number of aromatic nitrogens is 3. The van der Waals surface area contributed by atoms with Crippen LogP contribution in [-0.2, 0) is 0 Å². The van der Waals surface area contributed by atoms with Crippen LogP contribution < -0.4 is 43.7 Å². The molecule has 0 aromatic carbocycles. The van der Waals surface area contributed by atoms with Crippen LogP contribution in [0.15, 0.2) is 0 Å². The Morgan fingerprint density at radius 2 is 0.923 bits per heavy atom. The first-order valence-corrected chi connectivity index (χ1v) is 3.59. The molecule has 68 valence electrons. The molecule has 0 saturated heterocycles. The Labute approximate surface area is 111 Å². The fourth-order valence-electron chi connectivity index (χ4n) is 0.476. The summed E-state index contributed by atoms with van der Waals surface area (Å²) < 4.78 is -0.723. The number of halogens is 3. The van der Waals surface area contributed by atoms with Crippen LogP contribution in [-0.4, -0.2) is 0 Å². The van der Waals surface area contributed by atoms with Crippen molar-refractivity contribution in [2.24, 2.45) is 0 Å². The van der Waals surface area contributed by atoms with Crippen molar-refractivity contribution in [1.29, 1.82) is 0 Å². The third-order valence-electron chi connectivity index (χ3n) is 1.01. The smallest absolute Gasteiger partial charge is 1.00 e. The Kier molecular flexibility index (Phi) is 4.78. The van der Waals surface area contributed by atoms with Crippen molar-refractivity contribution in [3.63, 3.8) is 0 Å². The van der Waals surface area contributed by atoms with Crippen LogP contribution in [0.1, 0.15) is 1.43 Å². The molecule has 6 nitrogen and oxygen atoms in total. The van der Waals surface area contributed by atoms with Gasteiger partial charge in [-0.3, -0.25) is 0 Å². The molecule has 1 aromatic heterocycles. The molecule has 10 heteroatoms. The summed E-state index contributed by atoms with van der Waals surface area (Å²) in [5.74, 6) is 0. The number of rotatable bonds is 0. The van der Waals surface area contributed by atoms with Crippen LogP contribution in [0.5, 0.6) is 0 Å². The van der Waals surface area contributed by atoms with Gasteiger partial charge < -0.3 is 17.0 Å². The minimum atomic E-state index is -0.836. The van der Waals surface area contributed by atoms with E-state index in [1.54, 1.807) is 0 Å². The van der Waals surface area contributed by atoms with Crippen molar-refractivity contribution in [3.05, 3.63) is 31.5 Å². The fourth-order valence-corrected chi connectivity index (χ4v) is 1.09. The maximum atomic E-state index is 10.7. The summed E-state index contributed by atoms with van der Waals surface area (Å²) >= 11 is 15.4. The minimum Gasteiger partial charge on any atom is -1.00 e. The molecular weight excluding hydrogens is 255 g/mol. The van der Waals surface area contributed by atoms with Gasteiger partial charge in [0.2, 0.25) is 0 Å². The molecule has 0 N–H and O–H groups in total. The van der Waals surface area contributed by atoms with Gasteiger partial charge >= 0.3 is 45.4 Å². The molecule has 0 bridgehead atoms. The molecule has 0 atom stereocenters. The molecule has 1 rings (SSSR count). The van der Waals surface area contributed by atoms with Gasteiger partial charge in [0.05, 0.1) is 34.8 Å². The Morgan fingerprint density at radius 1 is 0.769 bits per heavy atom. The van der Waals surface area contributed by atoms with Crippen LogP contribution in [0, 0.1) is 15.6 Å². The van der Waals surface area contributed by atoms with Crippen LogP contribution >= 0.6 is 34.8 Å². The third-order valence-corrected chi connectivity index (χ3v) is 1.93. The molecule has 0 aliphatic rings. The van der Waals surface area contributed by atoms with E-state index in [9.17, 15) is 15.6 Å². The van der Waals surface area contributed by atoms with Gasteiger partial charge in [-0.15, -0.1) is 0 Å². The summed E-state index contributed by atoms with van der Waals surface area (Å²) in [6.45, 7) is 0. The number of nitrogens with zero attached hydrogens (tertiary/aromatic N) is 3. The van der Waals surface area contributed by atoms with Crippen molar-refractivity contribution in [3.8, 4) is 0 Å². The molecular formula is C3HCl3N3NaO3. The second kappa shape index (κ2) is 4.68. The second-order valence-electron chi connectivity index (χ2n) is 1.69. The zero-order valence-corrected chi connectivity index (χ0v) is 10.5. The first-order valence-electron chi connectivity index (χ1n) is 2.46. The Morgan fingerprint density at radius 3 is 1.08 bits per heavy atom. The SMILES string of the molecule is [H-].[Na+].[O-][n+]1c(Cl)[n+]([O-])c(Cl)[n+]([O-])c1Cl. The van der Waals surface area contributed by atoms with Gasteiger partial charge in [-0.1, -0.05) is 0 Å². The van der Waals surface area contributed by atoms with E-state index in [0.717, 1.165) is 0 Å². The van der Waals surface area contributed by atoms with Crippen LogP contribution in [0.4, 0.5) is 0 Å². The van der Waals surface area contributed by atoms with Crippen molar-refractivity contribution >= 4 is 34.8 Å². The van der Waals surface area contributed by atoms with E-state index in [-0.39, 0.29) is 45.2 Å². The summed E-state index contributed by atoms with van der Waals surface area (Å²) in [5.41, 5.74) is 0. The van der Waals surface area contributed by atoms with E-state index < -0.39 is 15.9 Å². The van der Waals surface area contributed by atoms with Crippen molar-refractivity contribution in [2.45, 2.75) is 0 Å². The van der Waals surface area contributed by atoms with E-state index in [2.05, 4.69) is 0 Å². The second-order valence-corrected chi connectivity index (χ2v) is 2.70. The predicted molar refractivity (Wildman–Crippen MR) is 39.5 cm³/mol. The maximum Gasteiger partial charge on any atom is 1.00 e. The first kappa shape index (κ1) is 13.3. The summed E-state index contributed by atoms with van der Waals surface area (Å²) in [6, 6.07) is 0. The van der Waals surface area contributed by atoms with Crippen molar-refractivity contribution < 1.29 is 45.2 Å². The van der Waals surface area contributed by atoms with Crippen LogP contribution in [0.25, 0.3) is 0 Å². The predicted octanol–water partition coefficient (Wildman–Crippen LogP) is -3.34. The van der Waals surface area contributed by atoms with Gasteiger partial charge in [-0.25, -0.2) is 0 Å². The molecule has 0 spiro atoms. The monoisotopic (exact) mass is 255 g/mol. The molecule has 0 unspecified atom stereocenters. The topological polar surface area (TPSA) is 80.8 Å². The van der Waals surface area contributed by atoms with E-state index in [4.69, 9.17) is 34.8 Å². The van der Waals surface area contributed by atoms with Crippen LogP contribution in [0.2, 0.25) is 15.9 Å². The summed E-state index contributed by atoms with van der Waals surface area (Å²) in [4.78, 5) is 0. The quantitative estimate of drug-likeness (QED) is 0.276. The Hall–Kier alpha value is 0.280. The maximum absolute atomic E-state index is 10.7. The molecule has 1 aromatic rings. The average Bonchev–Trinajstić information content (AvgIpc) is 2.08. The van der Waals surface area contributed by atoms with Gasteiger partial charge in [-0.05, 0) is 14.2 Å². The van der Waals surface area contributed by atoms with E-state index >= 15 is 0 Å². The van der Waals surface area contributed by atoms with Gasteiger partial charge in [0, 0.05) is 0 Å². The minimum absolute atomic E-state index is 0. The normalized spacial score (nSPS) is 9.46. The summed E-state index contributed by atoms with van der Waals surface area (Å²) in [7, 11) is 0. The van der Waals surface area contributed by atoms with Crippen LogP contribution in [0.3, 0.4) is 0 Å². The molecule has 0 radical (unpaired) electrons. The van der Waals surface area contributed by atoms with Gasteiger partial charge in [0.1, 0.15) is 0 Å². The van der Waals surface area contributed by atoms with E-state index in [0.29, 0.717) is 0 Å². The molecule has 13 heavy (non-hydrogen) atoms. The molecule has 0 aliphatic carbocycles. The van der Waals surface area contributed by atoms with E-state index in [1.807, 2.05) is 0 Å². The largest absolute Gasteiger partial charge is 1.00 e. The third kappa shape index (κ3) is 2.20. The molecule has 0 amide bonds. The number of hydrogen-bond acceptors (Lipinski definition) is 3. The Balaban J connectivity index is 0. The summed E-state index contributed by atoms with van der Waals surface area (Å²) in [5, 5.41) is 29.6. The zero-order valence-electron chi connectivity index (χ0n) is 7.20. The summed E-state index contributed by atoms with van der Waals surface area (Å²) in [6.07, 6.45) is 0. The van der Waals surface area contributed by atoms with Crippen molar-refractivity contribution in [1.82, 2.24) is 0 Å². The molecule has 0 fully saturated rings. The van der Waals surface area contributed by atoms with Gasteiger partial charge in [-0.2, -0.15) is 0 Å². The Bertz CT molecular complexity index is 249. The number of hydrogen-bond donors (Lipinski definition) is 0.